The highest BCUT2D eigenvalue weighted by Crippen LogP contribution is 2.36. The van der Waals surface area contributed by atoms with Gasteiger partial charge in [-0.15, -0.1) is 0 Å². The molecule has 2 heterocycles. The van der Waals surface area contributed by atoms with Crippen molar-refractivity contribution in [2.75, 3.05) is 31.1 Å². The first-order chi connectivity index (χ1) is 13.1. The van der Waals surface area contributed by atoms with Gasteiger partial charge < -0.3 is 9.80 Å². The highest BCUT2D eigenvalue weighted by Gasteiger charge is 2.50. The Balaban J connectivity index is 1.40. The van der Waals surface area contributed by atoms with E-state index in [1.54, 1.807) is 11.8 Å². The van der Waals surface area contributed by atoms with E-state index in [1.807, 2.05) is 30.4 Å². The van der Waals surface area contributed by atoms with Gasteiger partial charge in [0, 0.05) is 31.9 Å². The third-order valence-electron chi connectivity index (χ3n) is 6.00. The van der Waals surface area contributed by atoms with Crippen molar-refractivity contribution in [2.45, 2.75) is 25.8 Å². The third-order valence-corrected chi connectivity index (χ3v) is 6.00. The molecule has 27 heavy (non-hydrogen) atoms. The number of fused-ring (bicyclic) bond motifs is 1. The fraction of sp³-hybridized carbons (Fsp3) is 0.476. The molecule has 3 atom stereocenters. The van der Waals surface area contributed by atoms with E-state index in [-0.39, 0.29) is 29.6 Å². The molecule has 1 aliphatic carbocycles. The summed E-state index contributed by atoms with van der Waals surface area (Å²) in [5.41, 5.74) is 1.15. The molecule has 142 valence electrons. The monoisotopic (exact) mass is 367 g/mol. The molecule has 1 aromatic rings. The zero-order valence-corrected chi connectivity index (χ0v) is 15.6. The van der Waals surface area contributed by atoms with E-state index < -0.39 is 6.04 Å². The number of benzene rings is 1. The molecule has 0 bridgehead atoms. The molecular weight excluding hydrogens is 342 g/mol. The molecule has 0 spiro atoms. The molecule has 2 fully saturated rings. The maximum absolute atomic E-state index is 13.0. The molecule has 3 aliphatic rings. The van der Waals surface area contributed by atoms with Crippen LogP contribution in [0.5, 0.6) is 0 Å². The number of hydrogen-bond acceptors (Lipinski definition) is 4. The second-order valence-electron chi connectivity index (χ2n) is 7.53. The smallest absolute Gasteiger partial charge is 0.245 e. The average Bonchev–Trinajstić information content (AvgIpc) is 2.98. The van der Waals surface area contributed by atoms with Gasteiger partial charge in [0.25, 0.3) is 0 Å². The van der Waals surface area contributed by atoms with Gasteiger partial charge in [-0.3, -0.25) is 19.3 Å². The van der Waals surface area contributed by atoms with Crippen LogP contribution in [0.4, 0.5) is 5.69 Å². The van der Waals surface area contributed by atoms with E-state index in [2.05, 4.69) is 17.0 Å². The van der Waals surface area contributed by atoms with Crippen LogP contribution >= 0.6 is 0 Å². The van der Waals surface area contributed by atoms with Crippen molar-refractivity contribution in [3.05, 3.63) is 42.5 Å². The molecule has 6 heteroatoms. The van der Waals surface area contributed by atoms with E-state index in [0.29, 0.717) is 25.9 Å². The number of rotatable bonds is 3. The Bertz CT molecular complexity index is 742. The van der Waals surface area contributed by atoms with Crippen molar-refractivity contribution in [2.24, 2.45) is 11.8 Å². The van der Waals surface area contributed by atoms with E-state index in [1.165, 1.54) is 4.90 Å². The first-order valence-electron chi connectivity index (χ1n) is 9.68. The number of amides is 3. The zero-order valence-electron chi connectivity index (χ0n) is 15.6. The quantitative estimate of drug-likeness (QED) is 0.602. The second-order valence-corrected chi connectivity index (χ2v) is 7.53. The minimum atomic E-state index is -0.723. The number of hydrogen-bond donors (Lipinski definition) is 0. The molecule has 6 nitrogen and oxygen atoms in total. The zero-order chi connectivity index (χ0) is 19.0. The van der Waals surface area contributed by atoms with Gasteiger partial charge in [-0.1, -0.05) is 30.4 Å². The van der Waals surface area contributed by atoms with Crippen LogP contribution in [0.1, 0.15) is 19.8 Å². The van der Waals surface area contributed by atoms with Crippen molar-refractivity contribution in [3.8, 4) is 0 Å². The van der Waals surface area contributed by atoms with E-state index >= 15 is 0 Å². The summed E-state index contributed by atoms with van der Waals surface area (Å²) in [5, 5.41) is 0. The van der Waals surface area contributed by atoms with Gasteiger partial charge in [-0.2, -0.15) is 0 Å². The van der Waals surface area contributed by atoms with Crippen LogP contribution in [0.25, 0.3) is 0 Å². The van der Waals surface area contributed by atoms with Crippen molar-refractivity contribution < 1.29 is 14.4 Å². The minimum Gasteiger partial charge on any atom is -0.368 e. The number of piperazine rings is 1. The fourth-order valence-electron chi connectivity index (χ4n) is 4.41. The number of carbonyl (C=O) groups is 3. The highest BCUT2D eigenvalue weighted by atomic mass is 16.2. The Hall–Kier alpha value is -2.63. The molecule has 0 N–H and O–H groups in total. The average molecular weight is 367 g/mol. The lowest BCUT2D eigenvalue weighted by atomic mass is 9.85. The second kappa shape index (κ2) is 7.18. The van der Waals surface area contributed by atoms with Crippen LogP contribution in [0.3, 0.4) is 0 Å². The van der Waals surface area contributed by atoms with Crippen molar-refractivity contribution in [1.82, 2.24) is 9.80 Å². The summed E-state index contributed by atoms with van der Waals surface area (Å²) in [6.45, 7) is 4.39. The lowest BCUT2D eigenvalue weighted by molar-refractivity contribution is -0.151. The Morgan fingerprint density at radius 3 is 2.04 bits per heavy atom. The molecule has 2 saturated heterocycles. The Morgan fingerprint density at radius 1 is 0.926 bits per heavy atom. The van der Waals surface area contributed by atoms with Crippen LogP contribution < -0.4 is 4.90 Å². The molecule has 0 radical (unpaired) electrons. The van der Waals surface area contributed by atoms with Gasteiger partial charge >= 0.3 is 0 Å². The number of nitrogens with zero attached hydrogens (tertiary/aromatic N) is 3. The lowest BCUT2D eigenvalue weighted by Gasteiger charge is -2.38. The number of carbonyl (C=O) groups excluding carboxylic acids is 3. The summed E-state index contributed by atoms with van der Waals surface area (Å²) < 4.78 is 0. The molecule has 2 aliphatic heterocycles. The van der Waals surface area contributed by atoms with Gasteiger partial charge in [0.05, 0.1) is 11.8 Å². The minimum absolute atomic E-state index is 0.129. The van der Waals surface area contributed by atoms with Crippen LogP contribution in [0.15, 0.2) is 42.5 Å². The normalized spacial score (nSPS) is 26.3. The maximum Gasteiger partial charge on any atom is 0.245 e. The standard InChI is InChI=1S/C21H25N3O3/c1-15(24-20(26)17-9-5-6-10-18(17)21(24)27)19(25)23-13-11-22(12-14-23)16-7-3-2-4-8-16/h2-8,15,17-18H,9-14H2,1H3/t15-,17?,18?/m0/s1. The highest BCUT2D eigenvalue weighted by molar-refractivity contribution is 6.08. The van der Waals surface area contributed by atoms with Crippen molar-refractivity contribution >= 4 is 23.4 Å². The van der Waals surface area contributed by atoms with Crippen LogP contribution in [-0.4, -0.2) is 59.7 Å². The van der Waals surface area contributed by atoms with E-state index in [4.69, 9.17) is 0 Å². The van der Waals surface area contributed by atoms with Gasteiger partial charge in [-0.25, -0.2) is 0 Å². The number of likely N-dealkylation sites (tertiary alicyclic amines) is 1. The van der Waals surface area contributed by atoms with Crippen LogP contribution in [0, 0.1) is 11.8 Å². The number of anilines is 1. The largest absolute Gasteiger partial charge is 0.368 e. The summed E-state index contributed by atoms with van der Waals surface area (Å²) in [4.78, 5) is 43.7. The molecule has 0 aromatic heterocycles. The summed E-state index contributed by atoms with van der Waals surface area (Å²) in [7, 11) is 0. The Kier molecular flexibility index (Phi) is 4.72. The first-order valence-corrected chi connectivity index (χ1v) is 9.68. The van der Waals surface area contributed by atoms with Gasteiger partial charge in [0.1, 0.15) is 6.04 Å². The predicted octanol–water partition coefficient (Wildman–Crippen LogP) is 1.67. The van der Waals surface area contributed by atoms with E-state index in [0.717, 1.165) is 18.8 Å². The van der Waals surface area contributed by atoms with Crippen molar-refractivity contribution in [3.63, 3.8) is 0 Å². The molecular formula is C21H25N3O3. The van der Waals surface area contributed by atoms with Gasteiger partial charge in [-0.05, 0) is 31.9 Å². The van der Waals surface area contributed by atoms with Gasteiger partial charge in [0.2, 0.25) is 17.7 Å². The number of para-hydroxylation sites is 1. The summed E-state index contributed by atoms with van der Waals surface area (Å²) in [6.07, 6.45) is 5.13. The molecule has 3 amide bonds. The topological polar surface area (TPSA) is 60.9 Å². The molecule has 4 rings (SSSR count). The lowest BCUT2D eigenvalue weighted by Crippen LogP contribution is -2.55. The maximum atomic E-state index is 13.0. The van der Waals surface area contributed by atoms with Crippen LogP contribution in [-0.2, 0) is 14.4 Å². The van der Waals surface area contributed by atoms with E-state index in [9.17, 15) is 14.4 Å². The summed E-state index contributed by atoms with van der Waals surface area (Å²) >= 11 is 0. The molecule has 0 saturated carbocycles. The number of imide groups is 1. The summed E-state index contributed by atoms with van der Waals surface area (Å²) in [5.74, 6) is -1.06. The Labute approximate surface area is 159 Å². The summed E-state index contributed by atoms with van der Waals surface area (Å²) in [6, 6.07) is 9.41. The Morgan fingerprint density at radius 2 is 1.48 bits per heavy atom. The third kappa shape index (κ3) is 3.13. The predicted molar refractivity (Wildman–Crippen MR) is 102 cm³/mol. The molecule has 1 aromatic carbocycles. The SMILES string of the molecule is C[C@@H](C(=O)N1CCN(c2ccccc2)CC1)N1C(=O)C2CC=CCC2C1=O. The fourth-order valence-corrected chi connectivity index (χ4v) is 4.41. The first kappa shape index (κ1) is 17.8. The van der Waals surface area contributed by atoms with Gasteiger partial charge in [0.15, 0.2) is 0 Å². The number of allylic oxidation sites excluding steroid dienone is 2. The van der Waals surface area contributed by atoms with Crippen molar-refractivity contribution in [1.29, 1.82) is 0 Å². The molecule has 2 unspecified atom stereocenters. The van der Waals surface area contributed by atoms with Crippen LogP contribution in [0.2, 0.25) is 0 Å².